The van der Waals surface area contributed by atoms with Gasteiger partial charge in [-0.15, -0.1) is 0 Å². The van der Waals surface area contributed by atoms with Crippen molar-refractivity contribution in [2.45, 2.75) is 0 Å². The van der Waals surface area contributed by atoms with E-state index in [9.17, 15) is 14.9 Å². The highest BCUT2D eigenvalue weighted by molar-refractivity contribution is 6.14. The van der Waals surface area contributed by atoms with Crippen molar-refractivity contribution >= 4 is 28.2 Å². The van der Waals surface area contributed by atoms with Gasteiger partial charge in [0.15, 0.2) is 0 Å². The van der Waals surface area contributed by atoms with Crippen LogP contribution in [-0.4, -0.2) is 21.5 Å². The van der Waals surface area contributed by atoms with Crippen LogP contribution in [0.1, 0.15) is 21.5 Å². The summed E-state index contributed by atoms with van der Waals surface area (Å²) >= 11 is 0. The zero-order valence-electron chi connectivity index (χ0n) is 15.2. The third-order valence-corrected chi connectivity index (χ3v) is 4.50. The van der Waals surface area contributed by atoms with E-state index >= 15 is 0 Å². The molecule has 4 rings (SSSR count). The molecule has 7 heteroatoms. The molecule has 1 heterocycles. The van der Waals surface area contributed by atoms with Crippen LogP contribution in [0.2, 0.25) is 0 Å². The van der Waals surface area contributed by atoms with Crippen LogP contribution in [-0.2, 0) is 0 Å². The Bertz CT molecular complexity index is 1210. The van der Waals surface area contributed by atoms with Gasteiger partial charge in [0.05, 0.1) is 16.2 Å². The highest BCUT2D eigenvalue weighted by Gasteiger charge is 2.14. The maximum Gasteiger partial charge on any atom is 0.273 e. The Morgan fingerprint density at radius 3 is 2.28 bits per heavy atom. The fourth-order valence-corrected chi connectivity index (χ4v) is 3.06. The molecular weight excluding hydrogens is 368 g/mol. The normalized spacial score (nSPS) is 11.4. The Balaban J connectivity index is 1.68. The molecule has 3 aromatic carbocycles. The molecule has 142 valence electrons. The monoisotopic (exact) mass is 384 g/mol. The van der Waals surface area contributed by atoms with E-state index in [1.807, 2.05) is 54.6 Å². The summed E-state index contributed by atoms with van der Waals surface area (Å²) < 4.78 is 0. The minimum Gasteiger partial charge on any atom is -0.360 e. The van der Waals surface area contributed by atoms with E-state index in [0.717, 1.165) is 16.5 Å². The van der Waals surface area contributed by atoms with Crippen molar-refractivity contribution in [1.82, 2.24) is 10.4 Å². The molecule has 0 fully saturated rings. The molecule has 0 saturated carbocycles. The number of H-pyrrole nitrogens is 1. The average Bonchev–Trinajstić information content (AvgIpc) is 3.19. The standard InChI is InChI=1S/C22H16N4O3/c27-22(19-14-23-20-9-5-4-8-18(19)20)25-24-21(15-6-2-1-3-7-15)16-10-12-17(13-11-16)26(28)29/h1-14,23H,(H,25,27). The van der Waals surface area contributed by atoms with Crippen LogP contribution < -0.4 is 5.43 Å². The van der Waals surface area contributed by atoms with E-state index in [-0.39, 0.29) is 11.6 Å². The van der Waals surface area contributed by atoms with Crippen LogP contribution in [0.25, 0.3) is 10.9 Å². The lowest BCUT2D eigenvalue weighted by Crippen LogP contribution is -2.20. The number of hydrazone groups is 1. The van der Waals surface area contributed by atoms with Crippen molar-refractivity contribution in [3.63, 3.8) is 0 Å². The molecule has 4 aromatic rings. The Morgan fingerprint density at radius 2 is 1.55 bits per heavy atom. The lowest BCUT2D eigenvalue weighted by Gasteiger charge is -2.08. The van der Waals surface area contributed by atoms with Gasteiger partial charge >= 0.3 is 0 Å². The SMILES string of the molecule is O=C(NN=C(c1ccccc1)c1ccc([N+](=O)[O-])cc1)c1c[nH]c2ccccc12. The molecule has 0 unspecified atom stereocenters. The van der Waals surface area contributed by atoms with Gasteiger partial charge in [-0.25, -0.2) is 5.43 Å². The highest BCUT2D eigenvalue weighted by Crippen LogP contribution is 2.18. The summed E-state index contributed by atoms with van der Waals surface area (Å²) in [6.45, 7) is 0. The number of carbonyl (C=O) groups excluding carboxylic acids is 1. The van der Waals surface area contributed by atoms with Gasteiger partial charge in [-0.3, -0.25) is 14.9 Å². The predicted octanol–water partition coefficient (Wildman–Crippen LogP) is 4.26. The lowest BCUT2D eigenvalue weighted by molar-refractivity contribution is -0.384. The van der Waals surface area contributed by atoms with Crippen LogP contribution >= 0.6 is 0 Å². The molecular formula is C22H16N4O3. The first-order chi connectivity index (χ1) is 14.1. The zero-order valence-corrected chi connectivity index (χ0v) is 15.2. The maximum atomic E-state index is 12.7. The number of para-hydroxylation sites is 1. The second kappa shape index (κ2) is 7.77. The van der Waals surface area contributed by atoms with Gasteiger partial charge in [-0.2, -0.15) is 5.10 Å². The summed E-state index contributed by atoms with van der Waals surface area (Å²) in [4.78, 5) is 26.2. The first-order valence-corrected chi connectivity index (χ1v) is 8.88. The number of aromatic nitrogens is 1. The Labute approximate surface area is 165 Å². The summed E-state index contributed by atoms with van der Waals surface area (Å²) in [5, 5.41) is 16.1. The molecule has 29 heavy (non-hydrogen) atoms. The number of nitro benzene ring substituents is 1. The van der Waals surface area contributed by atoms with Gasteiger partial charge in [0.1, 0.15) is 0 Å². The number of fused-ring (bicyclic) bond motifs is 1. The van der Waals surface area contributed by atoms with Crippen LogP contribution in [0.15, 0.2) is 90.2 Å². The van der Waals surface area contributed by atoms with E-state index in [0.29, 0.717) is 16.8 Å². The third kappa shape index (κ3) is 3.74. The van der Waals surface area contributed by atoms with Crippen LogP contribution in [0.4, 0.5) is 5.69 Å². The Kier molecular flexibility index (Phi) is 4.86. The molecule has 0 saturated heterocycles. The quantitative estimate of drug-likeness (QED) is 0.305. The Hall–Kier alpha value is -4.26. The van der Waals surface area contributed by atoms with Gasteiger partial charge < -0.3 is 4.98 Å². The molecule has 0 atom stereocenters. The van der Waals surface area contributed by atoms with E-state index in [1.165, 1.54) is 12.1 Å². The molecule has 7 nitrogen and oxygen atoms in total. The number of nitrogens with one attached hydrogen (secondary N) is 2. The fourth-order valence-electron chi connectivity index (χ4n) is 3.06. The predicted molar refractivity (Wildman–Crippen MR) is 111 cm³/mol. The molecule has 1 aromatic heterocycles. The maximum absolute atomic E-state index is 12.7. The van der Waals surface area contributed by atoms with Crippen LogP contribution in [0, 0.1) is 10.1 Å². The van der Waals surface area contributed by atoms with Crippen molar-refractivity contribution in [3.8, 4) is 0 Å². The van der Waals surface area contributed by atoms with Gasteiger partial charge in [-0.1, -0.05) is 48.5 Å². The minimum atomic E-state index is -0.456. The first-order valence-electron chi connectivity index (χ1n) is 8.88. The highest BCUT2D eigenvalue weighted by atomic mass is 16.6. The van der Waals surface area contributed by atoms with Crippen LogP contribution in [0.3, 0.4) is 0 Å². The molecule has 0 bridgehead atoms. The number of amides is 1. The summed E-state index contributed by atoms with van der Waals surface area (Å²) in [6.07, 6.45) is 1.64. The molecule has 2 N–H and O–H groups in total. The summed E-state index contributed by atoms with van der Waals surface area (Å²) in [5.41, 5.74) is 5.88. The third-order valence-electron chi connectivity index (χ3n) is 4.50. The molecule has 1 amide bonds. The van der Waals surface area contributed by atoms with Crippen LogP contribution in [0.5, 0.6) is 0 Å². The first kappa shape index (κ1) is 18.1. The zero-order chi connectivity index (χ0) is 20.2. The van der Waals surface area contributed by atoms with Gasteiger partial charge in [0.25, 0.3) is 11.6 Å². The van der Waals surface area contributed by atoms with Crippen molar-refractivity contribution in [3.05, 3.63) is 112 Å². The molecule has 0 spiro atoms. The number of rotatable bonds is 5. The van der Waals surface area contributed by atoms with Gasteiger partial charge in [-0.05, 0) is 18.2 Å². The van der Waals surface area contributed by atoms with E-state index < -0.39 is 4.92 Å². The van der Waals surface area contributed by atoms with E-state index in [4.69, 9.17) is 0 Å². The van der Waals surface area contributed by atoms with E-state index in [1.54, 1.807) is 18.3 Å². The number of non-ortho nitro benzene ring substituents is 1. The number of benzene rings is 3. The molecule has 0 radical (unpaired) electrons. The molecule has 0 aliphatic rings. The van der Waals surface area contributed by atoms with Crippen molar-refractivity contribution in [1.29, 1.82) is 0 Å². The number of hydrogen-bond acceptors (Lipinski definition) is 4. The Morgan fingerprint density at radius 1 is 0.897 bits per heavy atom. The smallest absolute Gasteiger partial charge is 0.273 e. The summed E-state index contributed by atoms with van der Waals surface area (Å²) in [7, 11) is 0. The summed E-state index contributed by atoms with van der Waals surface area (Å²) in [5.74, 6) is -0.349. The number of hydrogen-bond donors (Lipinski definition) is 2. The van der Waals surface area contributed by atoms with Crippen molar-refractivity contribution in [2.24, 2.45) is 5.10 Å². The van der Waals surface area contributed by atoms with E-state index in [2.05, 4.69) is 15.5 Å². The largest absolute Gasteiger partial charge is 0.360 e. The van der Waals surface area contributed by atoms with Gasteiger partial charge in [0.2, 0.25) is 0 Å². The second-order valence-electron chi connectivity index (χ2n) is 6.32. The molecule has 0 aliphatic carbocycles. The number of carbonyl (C=O) groups is 1. The number of nitrogens with zero attached hydrogens (tertiary/aromatic N) is 2. The minimum absolute atomic E-state index is 0.0102. The topological polar surface area (TPSA) is 100 Å². The number of aromatic amines is 1. The van der Waals surface area contributed by atoms with Crippen molar-refractivity contribution in [2.75, 3.05) is 0 Å². The summed E-state index contributed by atoms with van der Waals surface area (Å²) in [6, 6.07) is 22.9. The second-order valence-corrected chi connectivity index (χ2v) is 6.32. The fraction of sp³-hybridized carbons (Fsp3) is 0. The van der Waals surface area contributed by atoms with Gasteiger partial charge in [0, 0.05) is 40.4 Å². The molecule has 0 aliphatic heterocycles. The lowest BCUT2D eigenvalue weighted by atomic mass is 10.0. The average molecular weight is 384 g/mol. The number of nitro groups is 1. The van der Waals surface area contributed by atoms with Crippen molar-refractivity contribution < 1.29 is 9.72 Å².